The predicted molar refractivity (Wildman–Crippen MR) is 70.6 cm³/mol. The van der Waals surface area contributed by atoms with Crippen molar-refractivity contribution in [2.45, 2.75) is 13.8 Å². The van der Waals surface area contributed by atoms with E-state index >= 15 is 0 Å². The van der Waals surface area contributed by atoms with Crippen LogP contribution in [-0.4, -0.2) is 14.5 Å². The van der Waals surface area contributed by atoms with E-state index in [0.717, 1.165) is 16.2 Å². The number of benzene rings is 1. The molecule has 0 aliphatic heterocycles. The van der Waals surface area contributed by atoms with Crippen molar-refractivity contribution in [2.24, 2.45) is 0 Å². The van der Waals surface area contributed by atoms with Crippen molar-refractivity contribution in [1.82, 2.24) is 14.5 Å². The number of imidazole rings is 1. The van der Waals surface area contributed by atoms with Crippen LogP contribution in [0.1, 0.15) is 11.1 Å². The van der Waals surface area contributed by atoms with E-state index in [-0.39, 0.29) is 0 Å². The van der Waals surface area contributed by atoms with Gasteiger partial charge in [-0.3, -0.25) is 4.57 Å². The minimum Gasteiger partial charge on any atom is -0.389 e. The molecular weight excluding hydrogens is 232 g/mol. The molecule has 0 radical (unpaired) electrons. The van der Waals surface area contributed by atoms with Crippen LogP contribution in [0.25, 0.3) is 16.2 Å². The molecule has 4 nitrogen and oxygen atoms in total. The second-order valence-electron chi connectivity index (χ2n) is 4.08. The van der Waals surface area contributed by atoms with Crippen LogP contribution < -0.4 is 5.73 Å². The monoisotopic (exact) mass is 244 g/mol. The molecule has 17 heavy (non-hydrogen) atoms. The van der Waals surface area contributed by atoms with Gasteiger partial charge in [0.1, 0.15) is 11.3 Å². The summed E-state index contributed by atoms with van der Waals surface area (Å²) in [7, 11) is 0. The molecule has 0 spiro atoms. The van der Waals surface area contributed by atoms with E-state index in [1.54, 1.807) is 12.5 Å². The zero-order valence-electron chi connectivity index (χ0n) is 9.64. The largest absolute Gasteiger partial charge is 0.389 e. The molecule has 0 amide bonds. The summed E-state index contributed by atoms with van der Waals surface area (Å²) in [4.78, 5) is 8.67. The molecule has 0 unspecified atom stereocenters. The van der Waals surface area contributed by atoms with Gasteiger partial charge in [0, 0.05) is 0 Å². The Labute approximate surface area is 103 Å². The summed E-state index contributed by atoms with van der Waals surface area (Å²) in [6, 6.07) is 4.23. The fraction of sp³-hybridized carbons (Fsp3) is 0.167. The zero-order valence-corrected chi connectivity index (χ0v) is 10.5. The average Bonchev–Trinajstić information content (AvgIpc) is 2.86. The second-order valence-corrected chi connectivity index (χ2v) is 5.13. The Kier molecular flexibility index (Phi) is 2.16. The Balaban J connectivity index is 2.27. The summed E-state index contributed by atoms with van der Waals surface area (Å²) >= 11 is 1.46. The summed E-state index contributed by atoms with van der Waals surface area (Å²) in [5, 5.41) is 1.57. The molecule has 3 aromatic rings. The third kappa shape index (κ3) is 1.59. The lowest BCUT2D eigenvalue weighted by molar-refractivity contribution is 1.06. The van der Waals surface area contributed by atoms with Gasteiger partial charge in [-0.1, -0.05) is 11.3 Å². The maximum atomic E-state index is 5.71. The lowest BCUT2D eigenvalue weighted by Gasteiger charge is -2.02. The Morgan fingerprint density at radius 1 is 1.18 bits per heavy atom. The predicted octanol–water partition coefficient (Wildman–Crippen LogP) is 2.68. The first-order valence-corrected chi connectivity index (χ1v) is 6.13. The van der Waals surface area contributed by atoms with Gasteiger partial charge in [0.15, 0.2) is 5.13 Å². The fourth-order valence-electron chi connectivity index (χ4n) is 1.80. The number of nitrogens with two attached hydrogens (primary N) is 1. The van der Waals surface area contributed by atoms with E-state index in [4.69, 9.17) is 5.73 Å². The van der Waals surface area contributed by atoms with Crippen LogP contribution in [0, 0.1) is 13.8 Å². The van der Waals surface area contributed by atoms with Gasteiger partial charge in [-0.25, -0.2) is 9.97 Å². The molecule has 0 atom stereocenters. The molecule has 0 bridgehead atoms. The highest BCUT2D eigenvalue weighted by atomic mass is 32.1. The first-order valence-electron chi connectivity index (χ1n) is 5.31. The number of nitrogens with zero attached hydrogens (tertiary/aromatic N) is 3. The Hall–Kier alpha value is -1.88. The molecular formula is C12H12N4S. The van der Waals surface area contributed by atoms with Crippen molar-refractivity contribution in [3.05, 3.63) is 35.8 Å². The van der Waals surface area contributed by atoms with Crippen LogP contribution in [0.5, 0.6) is 0 Å². The molecule has 3 rings (SSSR count). The summed E-state index contributed by atoms with van der Waals surface area (Å²) in [6.07, 6.45) is 3.47. The Morgan fingerprint density at radius 3 is 2.65 bits per heavy atom. The SMILES string of the molecule is Cc1cc2ncn(-c3ncc(N)s3)c2cc1C. The number of aryl methyl sites for hydroxylation is 2. The molecule has 86 valence electrons. The minimum atomic E-state index is 0.714. The molecule has 0 saturated carbocycles. The number of hydrogen-bond acceptors (Lipinski definition) is 4. The number of anilines is 1. The number of rotatable bonds is 1. The fourth-order valence-corrected chi connectivity index (χ4v) is 2.47. The quantitative estimate of drug-likeness (QED) is 0.716. The molecule has 2 N–H and O–H groups in total. The van der Waals surface area contributed by atoms with E-state index in [9.17, 15) is 0 Å². The normalized spacial score (nSPS) is 11.2. The van der Waals surface area contributed by atoms with Gasteiger partial charge in [0.05, 0.1) is 17.2 Å². The van der Waals surface area contributed by atoms with Crippen molar-refractivity contribution in [3.63, 3.8) is 0 Å². The van der Waals surface area contributed by atoms with Crippen LogP contribution >= 0.6 is 11.3 Å². The van der Waals surface area contributed by atoms with Crippen LogP contribution in [-0.2, 0) is 0 Å². The van der Waals surface area contributed by atoms with E-state index in [0.29, 0.717) is 5.00 Å². The molecule has 0 aliphatic rings. The van der Waals surface area contributed by atoms with Gasteiger partial charge in [-0.2, -0.15) is 0 Å². The van der Waals surface area contributed by atoms with E-state index in [1.807, 2.05) is 4.57 Å². The maximum absolute atomic E-state index is 5.71. The summed E-state index contributed by atoms with van der Waals surface area (Å²) in [5.74, 6) is 0. The standard InChI is InChI=1S/C12H12N4S/c1-7-3-9-10(4-8(7)2)16(6-15-9)12-14-5-11(13)17-12/h3-6H,13H2,1-2H3. The van der Waals surface area contributed by atoms with Gasteiger partial charge in [0.2, 0.25) is 0 Å². The topological polar surface area (TPSA) is 56.7 Å². The minimum absolute atomic E-state index is 0.714. The van der Waals surface area contributed by atoms with Gasteiger partial charge >= 0.3 is 0 Å². The third-order valence-electron chi connectivity index (χ3n) is 2.88. The number of fused-ring (bicyclic) bond motifs is 1. The molecule has 2 heterocycles. The molecule has 0 fully saturated rings. The number of thiazole rings is 1. The molecule has 0 aliphatic carbocycles. The first-order chi connectivity index (χ1) is 8.15. The van der Waals surface area contributed by atoms with Crippen molar-refractivity contribution in [2.75, 3.05) is 5.73 Å². The van der Waals surface area contributed by atoms with Crippen molar-refractivity contribution in [1.29, 1.82) is 0 Å². The zero-order chi connectivity index (χ0) is 12.0. The molecule has 0 saturated heterocycles. The highest BCUT2D eigenvalue weighted by Crippen LogP contribution is 2.25. The maximum Gasteiger partial charge on any atom is 0.197 e. The molecule has 2 aromatic heterocycles. The van der Waals surface area contributed by atoms with Crippen molar-refractivity contribution >= 4 is 27.4 Å². The van der Waals surface area contributed by atoms with Gasteiger partial charge in [-0.05, 0) is 37.1 Å². The van der Waals surface area contributed by atoms with Crippen molar-refractivity contribution in [3.8, 4) is 5.13 Å². The highest BCUT2D eigenvalue weighted by molar-refractivity contribution is 7.17. The van der Waals surface area contributed by atoms with Crippen molar-refractivity contribution < 1.29 is 0 Å². The first kappa shape index (κ1) is 10.3. The average molecular weight is 244 g/mol. The third-order valence-corrected chi connectivity index (χ3v) is 3.71. The van der Waals surface area contributed by atoms with E-state index < -0.39 is 0 Å². The lowest BCUT2D eigenvalue weighted by Crippen LogP contribution is -1.91. The highest BCUT2D eigenvalue weighted by Gasteiger charge is 2.09. The summed E-state index contributed by atoms with van der Waals surface area (Å²) in [5.41, 5.74) is 10.3. The smallest absolute Gasteiger partial charge is 0.197 e. The van der Waals surface area contributed by atoms with Gasteiger partial charge < -0.3 is 5.73 Å². The Morgan fingerprint density at radius 2 is 1.94 bits per heavy atom. The van der Waals surface area contributed by atoms with Crippen LogP contribution in [0.3, 0.4) is 0 Å². The molecule has 5 heteroatoms. The number of aromatic nitrogens is 3. The van der Waals surface area contributed by atoms with Gasteiger partial charge in [-0.15, -0.1) is 0 Å². The van der Waals surface area contributed by atoms with E-state index in [2.05, 4.69) is 35.9 Å². The summed E-state index contributed by atoms with van der Waals surface area (Å²) < 4.78 is 1.98. The van der Waals surface area contributed by atoms with Crippen LogP contribution in [0.15, 0.2) is 24.7 Å². The Bertz CT molecular complexity index is 696. The molecule has 1 aromatic carbocycles. The van der Waals surface area contributed by atoms with E-state index in [1.165, 1.54) is 22.5 Å². The number of hydrogen-bond donors (Lipinski definition) is 1. The van der Waals surface area contributed by atoms with Gasteiger partial charge in [0.25, 0.3) is 0 Å². The second kappa shape index (κ2) is 3.56. The van der Waals surface area contributed by atoms with Crippen LogP contribution in [0.2, 0.25) is 0 Å². The lowest BCUT2D eigenvalue weighted by atomic mass is 10.1. The summed E-state index contributed by atoms with van der Waals surface area (Å²) in [6.45, 7) is 4.19. The van der Waals surface area contributed by atoms with Crippen LogP contribution in [0.4, 0.5) is 5.00 Å². The number of nitrogen functional groups attached to an aromatic ring is 1.